The van der Waals surface area contributed by atoms with Crippen LogP contribution in [-0.2, 0) is 16.5 Å². The second-order valence-electron chi connectivity index (χ2n) is 3.57. The van der Waals surface area contributed by atoms with E-state index < -0.39 is 10.1 Å². The SMILES string of the molecule is CCCc1ncc[nH]1.O=S(=O)(O)c1ccccc1. The van der Waals surface area contributed by atoms with Gasteiger partial charge in [0.1, 0.15) is 5.82 Å². The molecule has 0 fully saturated rings. The van der Waals surface area contributed by atoms with Crippen LogP contribution < -0.4 is 0 Å². The van der Waals surface area contributed by atoms with Crippen LogP contribution in [0.2, 0.25) is 0 Å². The van der Waals surface area contributed by atoms with Gasteiger partial charge < -0.3 is 4.98 Å². The van der Waals surface area contributed by atoms with Crippen molar-refractivity contribution in [3.63, 3.8) is 0 Å². The number of hydrogen-bond donors (Lipinski definition) is 2. The van der Waals surface area contributed by atoms with Crippen LogP contribution in [0.25, 0.3) is 0 Å². The Morgan fingerprint density at radius 1 is 1.28 bits per heavy atom. The number of nitrogens with one attached hydrogen (secondary N) is 1. The molecule has 0 spiro atoms. The van der Waals surface area contributed by atoms with Gasteiger partial charge in [-0.05, 0) is 18.6 Å². The van der Waals surface area contributed by atoms with E-state index in [4.69, 9.17) is 4.55 Å². The Kier molecular flexibility index (Phi) is 5.54. The Morgan fingerprint density at radius 3 is 2.33 bits per heavy atom. The van der Waals surface area contributed by atoms with E-state index in [-0.39, 0.29) is 4.90 Å². The number of rotatable bonds is 3. The largest absolute Gasteiger partial charge is 0.349 e. The number of benzene rings is 1. The number of hydrogen-bond acceptors (Lipinski definition) is 3. The van der Waals surface area contributed by atoms with E-state index >= 15 is 0 Å². The average Bonchev–Trinajstić information content (AvgIpc) is 2.83. The molecule has 1 aromatic heterocycles. The summed E-state index contributed by atoms with van der Waals surface area (Å²) in [6.07, 6.45) is 5.86. The van der Waals surface area contributed by atoms with Gasteiger partial charge in [0.15, 0.2) is 0 Å². The van der Waals surface area contributed by atoms with E-state index in [9.17, 15) is 8.42 Å². The molecule has 2 rings (SSSR count). The first kappa shape index (κ1) is 14.4. The van der Waals surface area contributed by atoms with Crippen molar-refractivity contribution >= 4 is 10.1 Å². The molecule has 0 amide bonds. The van der Waals surface area contributed by atoms with Crippen molar-refractivity contribution in [1.29, 1.82) is 0 Å². The molecule has 0 radical (unpaired) electrons. The van der Waals surface area contributed by atoms with Gasteiger partial charge in [-0.1, -0.05) is 25.1 Å². The van der Waals surface area contributed by atoms with Crippen LogP contribution >= 0.6 is 0 Å². The van der Waals surface area contributed by atoms with E-state index in [2.05, 4.69) is 16.9 Å². The fourth-order valence-corrected chi connectivity index (χ4v) is 1.77. The number of H-pyrrole nitrogens is 1. The smallest absolute Gasteiger partial charge is 0.294 e. The van der Waals surface area contributed by atoms with E-state index in [0.29, 0.717) is 0 Å². The second-order valence-corrected chi connectivity index (χ2v) is 5.00. The standard InChI is InChI=1S/C6H10N2.C6H6O3S/c1-2-3-6-7-4-5-8-6;7-10(8,9)6-4-2-1-3-5-6/h4-5H,2-3H2,1H3,(H,7,8);1-5H,(H,7,8,9). The zero-order chi connectivity index (χ0) is 13.4. The maximum absolute atomic E-state index is 10.4. The summed E-state index contributed by atoms with van der Waals surface area (Å²) < 4.78 is 29.2. The van der Waals surface area contributed by atoms with Crippen molar-refractivity contribution in [2.75, 3.05) is 0 Å². The summed E-state index contributed by atoms with van der Waals surface area (Å²) in [5.74, 6) is 1.09. The van der Waals surface area contributed by atoms with E-state index in [0.717, 1.165) is 18.7 Å². The Bertz CT molecular complexity index is 536. The first-order chi connectivity index (χ1) is 8.54. The van der Waals surface area contributed by atoms with Crippen LogP contribution in [0.4, 0.5) is 0 Å². The minimum Gasteiger partial charge on any atom is -0.349 e. The Hall–Kier alpha value is -1.66. The van der Waals surface area contributed by atoms with Crippen molar-refractivity contribution in [2.45, 2.75) is 24.7 Å². The third-order valence-corrected chi connectivity index (χ3v) is 2.95. The van der Waals surface area contributed by atoms with Crippen LogP contribution in [0.15, 0.2) is 47.6 Å². The molecule has 98 valence electrons. The van der Waals surface area contributed by atoms with Gasteiger partial charge in [0.25, 0.3) is 10.1 Å². The maximum atomic E-state index is 10.4. The van der Waals surface area contributed by atoms with Crippen LogP contribution in [-0.4, -0.2) is 22.9 Å². The quantitative estimate of drug-likeness (QED) is 0.837. The molecule has 1 aromatic carbocycles. The van der Waals surface area contributed by atoms with Crippen molar-refractivity contribution in [1.82, 2.24) is 9.97 Å². The van der Waals surface area contributed by atoms with Gasteiger partial charge in [0.2, 0.25) is 0 Å². The number of aryl methyl sites for hydroxylation is 1. The number of aromatic nitrogens is 2. The topological polar surface area (TPSA) is 83.0 Å². The molecule has 2 N–H and O–H groups in total. The molecule has 0 bridgehead atoms. The van der Waals surface area contributed by atoms with Crippen molar-refractivity contribution in [3.05, 3.63) is 48.5 Å². The summed E-state index contributed by atoms with van der Waals surface area (Å²) in [4.78, 5) is 7.00. The lowest BCUT2D eigenvalue weighted by molar-refractivity contribution is 0.483. The molecule has 0 aliphatic heterocycles. The normalized spacial score (nSPS) is 10.6. The predicted octanol–water partition coefficient (Wildman–Crippen LogP) is 2.30. The van der Waals surface area contributed by atoms with Crippen molar-refractivity contribution in [3.8, 4) is 0 Å². The Morgan fingerprint density at radius 2 is 1.94 bits per heavy atom. The average molecular weight is 268 g/mol. The molecule has 0 aliphatic rings. The fraction of sp³-hybridized carbons (Fsp3) is 0.250. The molecule has 18 heavy (non-hydrogen) atoms. The lowest BCUT2D eigenvalue weighted by Gasteiger charge is -1.92. The van der Waals surface area contributed by atoms with Gasteiger partial charge in [-0.2, -0.15) is 8.42 Å². The number of nitrogens with zero attached hydrogens (tertiary/aromatic N) is 1. The van der Waals surface area contributed by atoms with Gasteiger partial charge >= 0.3 is 0 Å². The fourth-order valence-electron chi connectivity index (χ4n) is 1.26. The molecule has 1 heterocycles. The molecule has 5 nitrogen and oxygen atoms in total. The zero-order valence-electron chi connectivity index (χ0n) is 10.1. The van der Waals surface area contributed by atoms with E-state index in [1.807, 2.05) is 6.20 Å². The van der Waals surface area contributed by atoms with Crippen LogP contribution in [0.3, 0.4) is 0 Å². The summed E-state index contributed by atoms with van der Waals surface area (Å²) in [6, 6.07) is 7.42. The molecular formula is C12H16N2O3S. The van der Waals surface area contributed by atoms with Crippen LogP contribution in [0.1, 0.15) is 19.2 Å². The minimum atomic E-state index is -4.00. The van der Waals surface area contributed by atoms with Gasteiger partial charge in [0.05, 0.1) is 4.90 Å². The molecule has 2 aromatic rings. The van der Waals surface area contributed by atoms with Gasteiger partial charge in [-0.25, -0.2) is 4.98 Å². The molecule has 0 saturated heterocycles. The first-order valence-electron chi connectivity index (χ1n) is 5.55. The molecule has 0 unspecified atom stereocenters. The monoisotopic (exact) mass is 268 g/mol. The Balaban J connectivity index is 0.000000184. The van der Waals surface area contributed by atoms with Gasteiger partial charge in [0, 0.05) is 18.8 Å². The minimum absolute atomic E-state index is 0.0741. The van der Waals surface area contributed by atoms with Gasteiger partial charge in [-0.15, -0.1) is 0 Å². The molecule has 0 aliphatic carbocycles. The summed E-state index contributed by atoms with van der Waals surface area (Å²) >= 11 is 0. The highest BCUT2D eigenvalue weighted by molar-refractivity contribution is 7.85. The highest BCUT2D eigenvalue weighted by atomic mass is 32.2. The van der Waals surface area contributed by atoms with E-state index in [1.54, 1.807) is 24.4 Å². The lowest BCUT2D eigenvalue weighted by Crippen LogP contribution is -1.96. The summed E-state index contributed by atoms with van der Waals surface area (Å²) in [6.45, 7) is 2.14. The summed E-state index contributed by atoms with van der Waals surface area (Å²) in [7, 11) is -4.00. The Labute approximate surface area is 107 Å². The highest BCUT2D eigenvalue weighted by Gasteiger charge is 2.05. The lowest BCUT2D eigenvalue weighted by atomic mass is 10.3. The molecular weight excluding hydrogens is 252 g/mol. The zero-order valence-corrected chi connectivity index (χ0v) is 10.9. The summed E-state index contributed by atoms with van der Waals surface area (Å²) in [5.41, 5.74) is 0. The third kappa shape index (κ3) is 5.11. The predicted molar refractivity (Wildman–Crippen MR) is 68.8 cm³/mol. The van der Waals surface area contributed by atoms with Crippen LogP contribution in [0, 0.1) is 0 Å². The van der Waals surface area contributed by atoms with Gasteiger partial charge in [-0.3, -0.25) is 4.55 Å². The summed E-state index contributed by atoms with van der Waals surface area (Å²) in [5, 5.41) is 0. The van der Waals surface area contributed by atoms with Crippen LogP contribution in [0.5, 0.6) is 0 Å². The number of imidazole rings is 1. The van der Waals surface area contributed by atoms with Crippen molar-refractivity contribution < 1.29 is 13.0 Å². The molecule has 6 heteroatoms. The van der Waals surface area contributed by atoms with Crippen molar-refractivity contribution in [2.24, 2.45) is 0 Å². The molecule has 0 saturated carbocycles. The first-order valence-corrected chi connectivity index (χ1v) is 6.99. The second kappa shape index (κ2) is 6.93. The van der Waals surface area contributed by atoms with E-state index in [1.165, 1.54) is 12.1 Å². The maximum Gasteiger partial charge on any atom is 0.294 e. The highest BCUT2D eigenvalue weighted by Crippen LogP contribution is 2.05. The third-order valence-electron chi connectivity index (χ3n) is 2.08. The molecule has 0 atom stereocenters. The number of aromatic amines is 1.